The van der Waals surface area contributed by atoms with Crippen molar-refractivity contribution in [3.63, 3.8) is 0 Å². The summed E-state index contributed by atoms with van der Waals surface area (Å²) in [7, 11) is 0. The van der Waals surface area contributed by atoms with Gasteiger partial charge in [-0.15, -0.1) is 0 Å². The van der Waals surface area contributed by atoms with Gasteiger partial charge in [0.05, 0.1) is 17.6 Å². The smallest absolute Gasteiger partial charge is 0.159 e. The Morgan fingerprint density at radius 1 is 0.694 bits per heavy atom. The van der Waals surface area contributed by atoms with Crippen LogP contribution in [0.4, 0.5) is 11.4 Å². The number of rotatable bonds is 5. The number of nitrogens with zero attached hydrogens (tertiary/aromatic N) is 2. The molecule has 3 heteroatoms. The van der Waals surface area contributed by atoms with Crippen molar-refractivity contribution in [2.24, 2.45) is 0 Å². The van der Waals surface area contributed by atoms with Gasteiger partial charge in [0, 0.05) is 45.0 Å². The fraction of sp³-hybridized carbons (Fsp3) is 0.130. The maximum atomic E-state index is 6.88. The van der Waals surface area contributed by atoms with Crippen LogP contribution in [0.5, 0.6) is 0 Å². The summed E-state index contributed by atoms with van der Waals surface area (Å²) in [6.45, 7) is 0. The van der Waals surface area contributed by atoms with Gasteiger partial charge in [-0.05, 0) is 77.2 Å². The minimum atomic E-state index is 0.180. The van der Waals surface area contributed by atoms with Gasteiger partial charge in [0.25, 0.3) is 0 Å². The number of anilines is 2. The van der Waals surface area contributed by atoms with Crippen molar-refractivity contribution >= 4 is 68.0 Å². The summed E-state index contributed by atoms with van der Waals surface area (Å²) in [6, 6.07) is 42.0. The zero-order valence-electron chi connectivity index (χ0n) is 27.3. The third-order valence-corrected chi connectivity index (χ3v) is 10.6. The second kappa shape index (κ2) is 11.4. The monoisotopic (exact) mass is 632 g/mol. The zero-order valence-corrected chi connectivity index (χ0v) is 27.3. The molecule has 0 aliphatic heterocycles. The number of hydrogen-bond donors (Lipinski definition) is 0. The van der Waals surface area contributed by atoms with Crippen LogP contribution in [0.2, 0.25) is 0 Å². The van der Waals surface area contributed by atoms with Crippen LogP contribution < -0.4 is 15.3 Å². The average Bonchev–Trinajstić information content (AvgIpc) is 3.72. The first-order chi connectivity index (χ1) is 24.3. The minimum absolute atomic E-state index is 0.180. The Bertz CT molecular complexity index is 2580. The molecule has 3 aliphatic carbocycles. The van der Waals surface area contributed by atoms with E-state index in [1.54, 1.807) is 0 Å². The summed E-state index contributed by atoms with van der Waals surface area (Å²) in [5.41, 5.74) is 9.66. The van der Waals surface area contributed by atoms with Crippen LogP contribution in [0.3, 0.4) is 0 Å². The normalized spacial score (nSPS) is 18.2. The van der Waals surface area contributed by atoms with Gasteiger partial charge >= 0.3 is 0 Å². The molecule has 0 N–H and O–H groups in total. The Hall–Kier alpha value is -5.80. The summed E-state index contributed by atoms with van der Waals surface area (Å²) in [6.07, 6.45) is 20.4. The first-order valence-electron chi connectivity index (χ1n) is 17.5. The lowest BCUT2D eigenvalue weighted by atomic mass is 9.91. The van der Waals surface area contributed by atoms with Crippen LogP contribution in [0.25, 0.3) is 56.6 Å². The molecule has 1 unspecified atom stereocenters. The third kappa shape index (κ3) is 4.57. The fourth-order valence-electron chi connectivity index (χ4n) is 8.42. The van der Waals surface area contributed by atoms with Crippen LogP contribution >= 0.6 is 0 Å². The van der Waals surface area contributed by atoms with Crippen molar-refractivity contribution < 1.29 is 4.42 Å². The highest BCUT2D eigenvalue weighted by Gasteiger charge is 2.28. The Morgan fingerprint density at radius 3 is 2.20 bits per heavy atom. The van der Waals surface area contributed by atoms with Crippen molar-refractivity contribution in [2.75, 3.05) is 4.90 Å². The van der Waals surface area contributed by atoms with E-state index in [1.807, 2.05) is 0 Å². The van der Waals surface area contributed by atoms with Crippen LogP contribution in [-0.4, -0.2) is 10.6 Å². The van der Waals surface area contributed by atoms with Crippen LogP contribution in [-0.2, 0) is 6.42 Å². The van der Waals surface area contributed by atoms with E-state index in [1.165, 1.54) is 65.7 Å². The minimum Gasteiger partial charge on any atom is -0.458 e. The van der Waals surface area contributed by atoms with Gasteiger partial charge in [0.2, 0.25) is 0 Å². The van der Waals surface area contributed by atoms with Gasteiger partial charge in [0.1, 0.15) is 5.76 Å². The van der Waals surface area contributed by atoms with Crippen molar-refractivity contribution in [3.05, 3.63) is 167 Å². The predicted octanol–water partition coefficient (Wildman–Crippen LogP) is 10.3. The number of fused-ring (bicyclic) bond motifs is 8. The van der Waals surface area contributed by atoms with E-state index >= 15 is 0 Å². The molecule has 2 heterocycles. The molecular formula is C46H36N2O. The lowest BCUT2D eigenvalue weighted by Gasteiger charge is -2.33. The van der Waals surface area contributed by atoms with Crippen molar-refractivity contribution in [2.45, 2.75) is 37.8 Å². The van der Waals surface area contributed by atoms with Gasteiger partial charge in [-0.1, -0.05) is 121 Å². The quantitative estimate of drug-likeness (QED) is 0.188. The lowest BCUT2D eigenvalue weighted by molar-refractivity contribution is 0.546. The number of aryl methyl sites for hydroxylation is 1. The van der Waals surface area contributed by atoms with Gasteiger partial charge in [0.15, 0.2) is 5.58 Å². The maximum Gasteiger partial charge on any atom is 0.159 e. The summed E-state index contributed by atoms with van der Waals surface area (Å²) >= 11 is 0. The standard InChI is InChI=1S/C46H36N2O/c1-3-15-34(16-4-1)47(35-17-5-2-6-18-35)36-26-24-32(25-27-36)40-30-41-38-19-10-12-22-43(38)49-46(41)45-44(40)39-20-9-11-21-42(39)48(45)37-28-23-31-13-7-8-14-33(31)29-37/h1-11,13-21,23-26,29-30,36-37H,12,22,27-28H2/t36?,37-/m1/s1. The molecule has 2 aromatic heterocycles. The average molecular weight is 633 g/mol. The molecule has 7 aromatic rings. The molecule has 0 bridgehead atoms. The highest BCUT2D eigenvalue weighted by molar-refractivity contribution is 6.22. The Morgan fingerprint density at radius 2 is 1.43 bits per heavy atom. The zero-order chi connectivity index (χ0) is 32.3. The molecule has 5 aromatic carbocycles. The van der Waals surface area contributed by atoms with E-state index in [9.17, 15) is 0 Å². The van der Waals surface area contributed by atoms with E-state index in [4.69, 9.17) is 4.42 Å². The topological polar surface area (TPSA) is 21.3 Å². The number of allylic oxidation sites excluding steroid dienone is 3. The third-order valence-electron chi connectivity index (χ3n) is 10.6. The van der Waals surface area contributed by atoms with Crippen LogP contribution in [0, 0.1) is 0 Å². The van der Waals surface area contributed by atoms with E-state index in [0.717, 1.165) is 37.0 Å². The van der Waals surface area contributed by atoms with E-state index < -0.39 is 0 Å². The maximum absolute atomic E-state index is 6.88. The first kappa shape index (κ1) is 28.2. The molecule has 3 aliphatic rings. The van der Waals surface area contributed by atoms with E-state index in [-0.39, 0.29) is 12.1 Å². The molecule has 10 rings (SSSR count). The number of benzene rings is 5. The SMILES string of the molecule is C1=Cc2c(oc3c2cc(C2=CCC(N(c4ccccc4)c4ccccc4)C=C2)c2c4ccccc4n([C@H]4C=c5ccccc5=CC4)c32)CC1. The summed E-state index contributed by atoms with van der Waals surface area (Å²) in [4.78, 5) is 2.46. The molecule has 236 valence electrons. The van der Waals surface area contributed by atoms with E-state index in [2.05, 4.69) is 167 Å². The predicted molar refractivity (Wildman–Crippen MR) is 205 cm³/mol. The van der Waals surface area contributed by atoms with Crippen molar-refractivity contribution in [1.82, 2.24) is 4.57 Å². The summed E-state index contributed by atoms with van der Waals surface area (Å²) < 4.78 is 9.46. The number of para-hydroxylation sites is 3. The number of furan rings is 1. The Balaban J connectivity index is 1.18. The fourth-order valence-corrected chi connectivity index (χ4v) is 8.42. The molecule has 49 heavy (non-hydrogen) atoms. The van der Waals surface area contributed by atoms with Crippen LogP contribution in [0.1, 0.15) is 42.2 Å². The van der Waals surface area contributed by atoms with E-state index in [0.29, 0.717) is 0 Å². The summed E-state index contributed by atoms with van der Waals surface area (Å²) in [5.74, 6) is 1.10. The molecule has 0 saturated carbocycles. The summed E-state index contributed by atoms with van der Waals surface area (Å²) in [5, 5.41) is 6.38. The lowest BCUT2D eigenvalue weighted by Crippen LogP contribution is -2.30. The second-order valence-electron chi connectivity index (χ2n) is 13.5. The van der Waals surface area contributed by atoms with Gasteiger partial charge in [-0.25, -0.2) is 0 Å². The second-order valence-corrected chi connectivity index (χ2v) is 13.5. The molecule has 0 amide bonds. The highest BCUT2D eigenvalue weighted by Crippen LogP contribution is 2.46. The van der Waals surface area contributed by atoms with Gasteiger partial charge in [-0.3, -0.25) is 0 Å². The van der Waals surface area contributed by atoms with Gasteiger partial charge < -0.3 is 13.9 Å². The highest BCUT2D eigenvalue weighted by atomic mass is 16.3. The Kier molecular flexibility index (Phi) is 6.58. The molecule has 3 nitrogen and oxygen atoms in total. The molecule has 0 fully saturated rings. The van der Waals surface area contributed by atoms with Gasteiger partial charge in [-0.2, -0.15) is 0 Å². The Labute approximate surface area is 285 Å². The molecular weight excluding hydrogens is 597 g/mol. The number of hydrogen-bond acceptors (Lipinski definition) is 2. The largest absolute Gasteiger partial charge is 0.458 e. The van der Waals surface area contributed by atoms with Crippen molar-refractivity contribution in [3.8, 4) is 0 Å². The number of aromatic nitrogens is 1. The van der Waals surface area contributed by atoms with Crippen molar-refractivity contribution in [1.29, 1.82) is 0 Å². The molecule has 2 atom stereocenters. The molecule has 0 saturated heterocycles. The molecule has 0 radical (unpaired) electrons. The first-order valence-corrected chi connectivity index (χ1v) is 17.5. The van der Waals surface area contributed by atoms with Crippen LogP contribution in [0.15, 0.2) is 144 Å². The molecule has 0 spiro atoms.